The molecule has 1 unspecified atom stereocenters. The minimum atomic E-state index is -0.257. The summed E-state index contributed by atoms with van der Waals surface area (Å²) in [7, 11) is 0. The first-order chi connectivity index (χ1) is 11.0. The molecule has 0 aliphatic heterocycles. The number of hydrogen-bond acceptors (Lipinski definition) is 3. The van der Waals surface area contributed by atoms with E-state index in [9.17, 15) is 4.79 Å². The first kappa shape index (κ1) is 17.2. The van der Waals surface area contributed by atoms with Gasteiger partial charge in [-0.15, -0.1) is 23.5 Å². The van der Waals surface area contributed by atoms with Crippen LogP contribution in [0.5, 0.6) is 0 Å². The van der Waals surface area contributed by atoms with Gasteiger partial charge >= 0.3 is 0 Å². The van der Waals surface area contributed by atoms with Gasteiger partial charge in [-0.05, 0) is 68.3 Å². The van der Waals surface area contributed by atoms with E-state index in [4.69, 9.17) is 23.2 Å². The molecule has 1 fully saturated rings. The summed E-state index contributed by atoms with van der Waals surface area (Å²) in [5, 5.41) is 1.40. The Morgan fingerprint density at radius 2 is 1.52 bits per heavy atom. The number of benzene rings is 2. The van der Waals surface area contributed by atoms with Crippen molar-refractivity contribution in [3.63, 3.8) is 0 Å². The molecule has 0 radical (unpaired) electrons. The lowest BCUT2D eigenvalue weighted by atomic mass is 10.1. The number of rotatable bonds is 6. The summed E-state index contributed by atoms with van der Waals surface area (Å²) in [5.41, 5.74) is 0.753. The molecule has 3 rings (SSSR count). The molecule has 0 bridgehead atoms. The molecule has 1 aliphatic carbocycles. The predicted molar refractivity (Wildman–Crippen MR) is 102 cm³/mol. The molecule has 1 saturated carbocycles. The predicted octanol–water partition coefficient (Wildman–Crippen LogP) is 6.58. The largest absolute Gasteiger partial charge is 0.293 e. The van der Waals surface area contributed by atoms with Crippen LogP contribution in [-0.2, 0) is 0 Å². The molecule has 1 aliphatic rings. The van der Waals surface area contributed by atoms with Crippen LogP contribution < -0.4 is 0 Å². The van der Waals surface area contributed by atoms with E-state index in [2.05, 4.69) is 6.92 Å². The molecule has 0 aromatic heterocycles. The second kappa shape index (κ2) is 7.10. The Hall–Kier alpha value is -0.610. The molecular weight excluding hydrogens is 367 g/mol. The van der Waals surface area contributed by atoms with Gasteiger partial charge in [0.1, 0.15) is 0 Å². The van der Waals surface area contributed by atoms with Gasteiger partial charge in [-0.1, -0.05) is 23.2 Å². The van der Waals surface area contributed by atoms with Crippen LogP contribution in [0, 0.1) is 0 Å². The van der Waals surface area contributed by atoms with E-state index in [-0.39, 0.29) is 10.5 Å². The van der Waals surface area contributed by atoms with E-state index in [1.54, 1.807) is 35.7 Å². The van der Waals surface area contributed by atoms with Gasteiger partial charge in [-0.2, -0.15) is 0 Å². The minimum absolute atomic E-state index is 0.225. The van der Waals surface area contributed by atoms with Crippen LogP contribution in [0.15, 0.2) is 53.4 Å². The van der Waals surface area contributed by atoms with Gasteiger partial charge in [0, 0.05) is 20.5 Å². The highest BCUT2D eigenvalue weighted by molar-refractivity contribution is 8.18. The third-order valence-electron chi connectivity index (χ3n) is 3.73. The van der Waals surface area contributed by atoms with E-state index in [1.807, 2.05) is 36.4 Å². The van der Waals surface area contributed by atoms with Crippen molar-refractivity contribution in [3.05, 3.63) is 64.1 Å². The lowest BCUT2D eigenvalue weighted by Gasteiger charge is -2.19. The van der Waals surface area contributed by atoms with Crippen LogP contribution in [-0.4, -0.2) is 15.1 Å². The monoisotopic (exact) mass is 382 g/mol. The summed E-state index contributed by atoms with van der Waals surface area (Å²) < 4.78 is 0.0436. The molecule has 1 atom stereocenters. The second-order valence-corrected chi connectivity index (χ2v) is 9.90. The SMILES string of the molecule is CC(Sc1ccc(Cl)cc1)SC1(C(=O)c2ccc(Cl)cc2)CC1. The van der Waals surface area contributed by atoms with Crippen molar-refractivity contribution in [2.24, 2.45) is 0 Å². The summed E-state index contributed by atoms with van der Waals surface area (Å²) in [5.74, 6) is 0.225. The molecule has 1 nitrogen and oxygen atoms in total. The number of Topliss-reactive ketones (excluding diaryl/α,β-unsaturated/α-hetero) is 1. The summed E-state index contributed by atoms with van der Waals surface area (Å²) in [6.45, 7) is 2.15. The Morgan fingerprint density at radius 1 is 1.00 bits per heavy atom. The topological polar surface area (TPSA) is 17.1 Å². The maximum absolute atomic E-state index is 12.8. The van der Waals surface area contributed by atoms with E-state index < -0.39 is 0 Å². The van der Waals surface area contributed by atoms with Gasteiger partial charge in [-0.25, -0.2) is 0 Å². The Morgan fingerprint density at radius 3 is 2.04 bits per heavy atom. The lowest BCUT2D eigenvalue weighted by Crippen LogP contribution is -2.21. The highest BCUT2D eigenvalue weighted by Crippen LogP contribution is 2.54. The number of halogens is 2. The first-order valence-corrected chi connectivity index (χ1v) is 9.90. The van der Waals surface area contributed by atoms with Crippen molar-refractivity contribution in [3.8, 4) is 0 Å². The van der Waals surface area contributed by atoms with Gasteiger partial charge in [0.25, 0.3) is 0 Å². The van der Waals surface area contributed by atoms with E-state index in [0.29, 0.717) is 9.60 Å². The van der Waals surface area contributed by atoms with Gasteiger partial charge in [0.2, 0.25) is 0 Å². The van der Waals surface area contributed by atoms with Crippen LogP contribution in [0.25, 0.3) is 0 Å². The van der Waals surface area contributed by atoms with E-state index >= 15 is 0 Å². The van der Waals surface area contributed by atoms with Gasteiger partial charge in [0.05, 0.1) is 9.33 Å². The van der Waals surface area contributed by atoms with Crippen molar-refractivity contribution >= 4 is 52.5 Å². The fourth-order valence-corrected chi connectivity index (χ4v) is 5.63. The van der Waals surface area contributed by atoms with Gasteiger partial charge in [-0.3, -0.25) is 4.79 Å². The molecule has 0 spiro atoms. The van der Waals surface area contributed by atoms with Crippen molar-refractivity contribution < 1.29 is 4.79 Å². The molecule has 2 aromatic rings. The fraction of sp³-hybridized carbons (Fsp3) is 0.278. The lowest BCUT2D eigenvalue weighted by molar-refractivity contribution is 0.0981. The zero-order chi connectivity index (χ0) is 16.4. The average Bonchev–Trinajstić information content (AvgIpc) is 3.30. The number of thioether (sulfide) groups is 2. The summed E-state index contributed by atoms with van der Waals surface area (Å²) in [6, 6.07) is 15.0. The molecule has 2 aromatic carbocycles. The number of carbonyl (C=O) groups is 1. The Bertz CT molecular complexity index is 694. The van der Waals surface area contributed by atoms with Crippen molar-refractivity contribution in [1.29, 1.82) is 0 Å². The standard InChI is InChI=1S/C18H16Cl2OS2/c1-12(22-16-8-6-15(20)7-9-16)23-18(10-11-18)17(21)13-2-4-14(19)5-3-13/h2-9,12H,10-11H2,1H3. The van der Waals surface area contributed by atoms with E-state index in [0.717, 1.165) is 23.4 Å². The highest BCUT2D eigenvalue weighted by Gasteiger charge is 2.51. The first-order valence-electron chi connectivity index (χ1n) is 7.39. The minimum Gasteiger partial charge on any atom is -0.293 e. The zero-order valence-electron chi connectivity index (χ0n) is 12.6. The molecule has 0 N–H and O–H groups in total. The Kier molecular flexibility index (Phi) is 5.32. The number of carbonyl (C=O) groups excluding carboxylic acids is 1. The van der Waals surface area contributed by atoms with Crippen molar-refractivity contribution in [1.82, 2.24) is 0 Å². The summed E-state index contributed by atoms with van der Waals surface area (Å²) >= 11 is 15.4. The van der Waals surface area contributed by atoms with Gasteiger partial charge < -0.3 is 0 Å². The normalized spacial score (nSPS) is 16.8. The van der Waals surface area contributed by atoms with Crippen molar-refractivity contribution in [2.75, 3.05) is 0 Å². The Balaban J connectivity index is 1.65. The summed E-state index contributed by atoms with van der Waals surface area (Å²) in [4.78, 5) is 14.0. The van der Waals surface area contributed by atoms with Crippen molar-refractivity contribution in [2.45, 2.75) is 34.0 Å². The molecule has 5 heteroatoms. The Labute approximate surface area is 155 Å². The zero-order valence-corrected chi connectivity index (χ0v) is 15.7. The third kappa shape index (κ3) is 4.27. The second-order valence-electron chi connectivity index (χ2n) is 5.59. The molecule has 0 heterocycles. The maximum atomic E-state index is 12.8. The third-order valence-corrected chi connectivity index (χ3v) is 7.07. The summed E-state index contributed by atoms with van der Waals surface area (Å²) in [6.07, 6.45) is 1.90. The van der Waals surface area contributed by atoms with Crippen LogP contribution in [0.1, 0.15) is 30.1 Å². The van der Waals surface area contributed by atoms with Crippen LogP contribution in [0.2, 0.25) is 10.0 Å². The molecule has 0 amide bonds. The highest BCUT2D eigenvalue weighted by atomic mass is 35.5. The quantitative estimate of drug-likeness (QED) is 0.319. The maximum Gasteiger partial charge on any atom is 0.178 e. The molecular formula is C18H16Cl2OS2. The smallest absolute Gasteiger partial charge is 0.178 e. The number of ketones is 1. The average molecular weight is 383 g/mol. The van der Waals surface area contributed by atoms with Crippen LogP contribution in [0.4, 0.5) is 0 Å². The van der Waals surface area contributed by atoms with Crippen LogP contribution in [0.3, 0.4) is 0 Å². The van der Waals surface area contributed by atoms with E-state index in [1.165, 1.54) is 4.90 Å². The molecule has 120 valence electrons. The van der Waals surface area contributed by atoms with Crippen LogP contribution >= 0.6 is 46.7 Å². The molecule has 0 saturated heterocycles. The molecule has 23 heavy (non-hydrogen) atoms. The van der Waals surface area contributed by atoms with Gasteiger partial charge in [0.15, 0.2) is 5.78 Å². The number of hydrogen-bond donors (Lipinski definition) is 0. The fourth-order valence-electron chi connectivity index (χ4n) is 2.42.